The van der Waals surface area contributed by atoms with Crippen LogP contribution in [0.3, 0.4) is 0 Å². The topological polar surface area (TPSA) is 71.1 Å². The van der Waals surface area contributed by atoms with Gasteiger partial charge in [0.05, 0.1) is 6.42 Å². The fraction of sp³-hybridized carbons (Fsp3) is 0.333. The minimum absolute atomic E-state index is 0.546. The van der Waals surface area contributed by atoms with E-state index in [4.69, 9.17) is 0 Å². The van der Waals surface area contributed by atoms with Crippen molar-refractivity contribution in [1.29, 1.82) is 0 Å². The number of rotatable bonds is 2. The Morgan fingerprint density at radius 3 is 2.12 bits per heavy atom. The molecule has 0 unspecified atom stereocenters. The monoisotopic (exact) mass is 135 g/mol. The van der Waals surface area contributed by atoms with Crippen LogP contribution in [0, 0.1) is 0 Å². The summed E-state index contributed by atoms with van der Waals surface area (Å²) in [7, 11) is -2.38. The smallest absolute Gasteiger partial charge is 0.247 e. The maximum atomic E-state index is 9.56. The summed E-state index contributed by atoms with van der Waals surface area (Å²) in [4.78, 5) is 9.49. The van der Waals surface area contributed by atoms with Crippen molar-refractivity contribution in [2.45, 2.75) is 6.42 Å². The van der Waals surface area contributed by atoms with Crippen LogP contribution in [0.4, 0.5) is 0 Å². The number of hydrogen-bond acceptors (Lipinski definition) is 3. The van der Waals surface area contributed by atoms with Gasteiger partial charge in [0.2, 0.25) is 10.3 Å². The molecule has 45 valence electrons. The van der Waals surface area contributed by atoms with E-state index >= 15 is 0 Å². The van der Waals surface area contributed by atoms with E-state index in [1.807, 2.05) is 0 Å². The molecule has 5 heteroatoms. The second kappa shape index (κ2) is 3.20. The molecule has 0 aromatic rings. The van der Waals surface area contributed by atoms with Gasteiger partial charge in [-0.05, 0) is 0 Å². The minimum atomic E-state index is -2.38. The summed E-state index contributed by atoms with van der Waals surface area (Å²) in [6.07, 6.45) is -0.546. The molecule has 0 fully saturated rings. The Kier molecular flexibility index (Phi) is 2.86. The Labute approximate surface area is 47.3 Å². The van der Waals surface area contributed by atoms with Crippen LogP contribution in [0.1, 0.15) is 6.42 Å². The van der Waals surface area contributed by atoms with Crippen molar-refractivity contribution >= 4 is 21.6 Å². The third kappa shape index (κ3) is 5.16. The predicted octanol–water partition coefficient (Wildman–Crippen LogP) is -0.985. The van der Waals surface area contributed by atoms with Crippen molar-refractivity contribution in [2.24, 2.45) is 0 Å². The predicted molar refractivity (Wildman–Crippen MR) is 25.3 cm³/mol. The molecule has 0 rings (SSSR count). The van der Waals surface area contributed by atoms with Crippen molar-refractivity contribution in [2.75, 3.05) is 0 Å². The lowest BCUT2D eigenvalue weighted by Gasteiger charge is -1.68. The number of carbonyl (C=O) groups is 1. The molecule has 0 aromatic carbocycles. The van der Waals surface area contributed by atoms with Crippen molar-refractivity contribution in [1.82, 2.24) is 0 Å². The van der Waals surface area contributed by atoms with Gasteiger partial charge in [0, 0.05) is 5.37 Å². The number of carbonyl (C=O) groups excluding carboxylic acids is 1. The van der Waals surface area contributed by atoms with Crippen LogP contribution in [0.2, 0.25) is 0 Å². The lowest BCUT2D eigenvalue weighted by atomic mass is 10.5. The molecule has 0 aliphatic rings. The highest BCUT2D eigenvalue weighted by Gasteiger charge is 1.92. The fourth-order valence-corrected chi connectivity index (χ4v) is 0.408. The van der Waals surface area contributed by atoms with Crippen molar-refractivity contribution in [3.8, 4) is 0 Å². The van der Waals surface area contributed by atoms with Gasteiger partial charge in [0.15, 0.2) is 0 Å². The van der Waals surface area contributed by atoms with Gasteiger partial charge in [-0.25, -0.2) is 9.90 Å². The van der Waals surface area contributed by atoms with Gasteiger partial charge in [-0.3, -0.25) is 0 Å². The first-order valence-corrected chi connectivity index (χ1v) is 2.88. The van der Waals surface area contributed by atoms with E-state index in [-0.39, 0.29) is 0 Å². The normalized spacial score (nSPS) is 8.00. The van der Waals surface area contributed by atoms with Gasteiger partial charge in [-0.1, -0.05) is 0 Å². The third-order valence-electron chi connectivity index (χ3n) is 0.386. The van der Waals surface area contributed by atoms with E-state index in [1.165, 1.54) is 0 Å². The molecular formula is C3H3O4S. The van der Waals surface area contributed by atoms with Crippen LogP contribution < -0.4 is 0 Å². The molecule has 0 aromatic heterocycles. The van der Waals surface area contributed by atoms with E-state index in [9.17, 15) is 18.3 Å². The van der Waals surface area contributed by atoms with Crippen LogP contribution in [0.5, 0.6) is 0 Å². The highest BCUT2D eigenvalue weighted by Crippen LogP contribution is 1.68. The summed E-state index contributed by atoms with van der Waals surface area (Å²) >= 11 is 0. The Morgan fingerprint density at radius 2 is 2.00 bits per heavy atom. The van der Waals surface area contributed by atoms with Gasteiger partial charge in [0.25, 0.3) is 0 Å². The van der Waals surface area contributed by atoms with Gasteiger partial charge in [0.1, 0.15) is 0 Å². The average Bonchev–Trinajstić information content (AvgIpc) is 1.61. The lowest BCUT2D eigenvalue weighted by molar-refractivity contribution is -0.141. The molecule has 0 spiro atoms. The van der Waals surface area contributed by atoms with E-state index < -0.39 is 22.7 Å². The Morgan fingerprint density at radius 1 is 1.50 bits per heavy atom. The average molecular weight is 135 g/mol. The molecule has 0 heterocycles. The van der Waals surface area contributed by atoms with Crippen LogP contribution in [0.25, 0.3) is 0 Å². The third-order valence-corrected chi connectivity index (χ3v) is 0.825. The minimum Gasteiger partial charge on any atom is -0.247 e. The summed E-state index contributed by atoms with van der Waals surface area (Å²) in [5.41, 5.74) is 0. The van der Waals surface area contributed by atoms with E-state index in [2.05, 4.69) is 0 Å². The molecule has 0 amide bonds. The highest BCUT2D eigenvalue weighted by molar-refractivity contribution is 7.71. The summed E-state index contributed by atoms with van der Waals surface area (Å²) in [6, 6.07) is 0. The van der Waals surface area contributed by atoms with Crippen molar-refractivity contribution < 1.29 is 18.3 Å². The van der Waals surface area contributed by atoms with Crippen LogP contribution in [-0.4, -0.2) is 19.8 Å². The van der Waals surface area contributed by atoms with E-state index in [0.717, 1.165) is 0 Å². The zero-order valence-corrected chi connectivity index (χ0v) is 4.64. The van der Waals surface area contributed by atoms with Crippen molar-refractivity contribution in [3.05, 3.63) is 0 Å². The van der Waals surface area contributed by atoms with Gasteiger partial charge < -0.3 is 0 Å². The van der Waals surface area contributed by atoms with Crippen molar-refractivity contribution in [3.63, 3.8) is 0 Å². The standard InChI is InChI=1S/C3H3O4S/c4-3(5)1-2-8(6)7/h2H,1H2. The second-order valence-electron chi connectivity index (χ2n) is 1.00. The van der Waals surface area contributed by atoms with Crippen LogP contribution in [0.15, 0.2) is 0 Å². The molecule has 0 saturated carbocycles. The summed E-state index contributed by atoms with van der Waals surface area (Å²) < 4.78 is 19.1. The molecule has 4 nitrogen and oxygen atoms in total. The molecule has 1 radical (unpaired) electrons. The molecule has 0 aliphatic carbocycles. The van der Waals surface area contributed by atoms with Crippen LogP contribution >= 0.6 is 0 Å². The molecular weight excluding hydrogens is 132 g/mol. The summed E-state index contributed by atoms with van der Waals surface area (Å²) in [5, 5.41) is 10.1. The SMILES string of the molecule is [O]C(=O)CC=S(=O)=O. The fourth-order valence-electron chi connectivity index (χ4n) is 0.136. The molecule has 0 aliphatic heterocycles. The largest absolute Gasteiger partial charge is 0.360 e. The zero-order valence-electron chi connectivity index (χ0n) is 3.83. The molecule has 0 bridgehead atoms. The maximum absolute atomic E-state index is 9.56. The lowest BCUT2D eigenvalue weighted by Crippen LogP contribution is -1.91. The summed E-state index contributed by atoms with van der Waals surface area (Å²) in [6.45, 7) is 0. The van der Waals surface area contributed by atoms with E-state index in [1.54, 1.807) is 0 Å². The molecule has 8 heavy (non-hydrogen) atoms. The zero-order chi connectivity index (χ0) is 6.57. The first-order chi connectivity index (χ1) is 3.63. The second-order valence-corrected chi connectivity index (χ2v) is 1.86. The first-order valence-electron chi connectivity index (χ1n) is 1.74. The molecule has 0 saturated heterocycles. The first kappa shape index (κ1) is 7.16. The maximum Gasteiger partial charge on any atom is 0.360 e. The van der Waals surface area contributed by atoms with Gasteiger partial charge >= 0.3 is 5.97 Å². The summed E-state index contributed by atoms with van der Waals surface area (Å²) in [5.74, 6) is -1.39. The molecule has 0 N–H and O–H groups in total. The Hall–Kier alpha value is -0.840. The highest BCUT2D eigenvalue weighted by atomic mass is 32.2. The Balaban J connectivity index is 3.81. The quantitative estimate of drug-likeness (QED) is 0.456. The van der Waals surface area contributed by atoms with Gasteiger partial charge in [-0.15, -0.1) is 0 Å². The Bertz CT molecular complexity index is 191. The number of hydrogen-bond donors (Lipinski definition) is 0. The van der Waals surface area contributed by atoms with E-state index in [0.29, 0.717) is 5.37 Å². The van der Waals surface area contributed by atoms with Crippen LogP contribution in [-0.2, 0) is 20.2 Å². The van der Waals surface area contributed by atoms with Gasteiger partial charge in [-0.2, -0.15) is 8.42 Å². The molecule has 0 atom stereocenters.